The van der Waals surface area contributed by atoms with Crippen molar-refractivity contribution in [2.24, 2.45) is 0 Å². The van der Waals surface area contributed by atoms with Crippen molar-refractivity contribution in [2.75, 3.05) is 23.6 Å². The van der Waals surface area contributed by atoms with Crippen LogP contribution in [-0.2, 0) is 0 Å². The number of carbonyl (C=O) groups is 1. The SMILES string of the molecule is CCN(c1ccccc1)c1ccc(NC(=O)c2ccc3c(c2)OCO3)cc1. The third-order valence-corrected chi connectivity index (χ3v) is 4.46. The number of ether oxygens (including phenoxy) is 2. The van der Waals surface area contributed by atoms with Gasteiger partial charge in [-0.3, -0.25) is 4.79 Å². The van der Waals surface area contributed by atoms with Crippen molar-refractivity contribution < 1.29 is 14.3 Å². The third-order valence-electron chi connectivity index (χ3n) is 4.46. The summed E-state index contributed by atoms with van der Waals surface area (Å²) in [5.74, 6) is 1.08. The van der Waals surface area contributed by atoms with E-state index < -0.39 is 0 Å². The van der Waals surface area contributed by atoms with Gasteiger partial charge in [0, 0.05) is 29.2 Å². The normalized spacial score (nSPS) is 11.9. The van der Waals surface area contributed by atoms with Crippen molar-refractivity contribution in [2.45, 2.75) is 6.92 Å². The Balaban J connectivity index is 1.48. The van der Waals surface area contributed by atoms with Gasteiger partial charge in [0.15, 0.2) is 11.5 Å². The smallest absolute Gasteiger partial charge is 0.255 e. The zero-order valence-corrected chi connectivity index (χ0v) is 15.0. The fourth-order valence-electron chi connectivity index (χ4n) is 3.09. The maximum absolute atomic E-state index is 12.5. The van der Waals surface area contributed by atoms with E-state index in [-0.39, 0.29) is 12.7 Å². The Hall–Kier alpha value is -3.47. The van der Waals surface area contributed by atoms with Crippen LogP contribution in [0.25, 0.3) is 0 Å². The molecule has 3 aromatic rings. The number of fused-ring (bicyclic) bond motifs is 1. The molecule has 1 aliphatic heterocycles. The van der Waals surface area contributed by atoms with Crippen LogP contribution in [0.3, 0.4) is 0 Å². The highest BCUT2D eigenvalue weighted by Crippen LogP contribution is 2.33. The van der Waals surface area contributed by atoms with Crippen molar-refractivity contribution in [3.63, 3.8) is 0 Å². The monoisotopic (exact) mass is 360 g/mol. The molecule has 0 aromatic heterocycles. The van der Waals surface area contributed by atoms with E-state index in [0.29, 0.717) is 17.1 Å². The number of hydrogen-bond acceptors (Lipinski definition) is 4. The molecule has 4 rings (SSSR count). The minimum absolute atomic E-state index is 0.184. The van der Waals surface area contributed by atoms with Crippen LogP contribution in [0.2, 0.25) is 0 Å². The first-order valence-corrected chi connectivity index (χ1v) is 8.88. The molecule has 0 saturated carbocycles. The van der Waals surface area contributed by atoms with Crippen LogP contribution in [0.15, 0.2) is 72.8 Å². The van der Waals surface area contributed by atoms with E-state index in [0.717, 1.165) is 23.6 Å². The van der Waals surface area contributed by atoms with Crippen molar-refractivity contribution >= 4 is 23.0 Å². The second-order valence-corrected chi connectivity index (χ2v) is 6.15. The predicted octanol–water partition coefficient (Wildman–Crippen LogP) is 4.83. The zero-order valence-electron chi connectivity index (χ0n) is 15.0. The predicted molar refractivity (Wildman–Crippen MR) is 106 cm³/mol. The van der Waals surface area contributed by atoms with E-state index in [1.165, 1.54) is 0 Å². The maximum Gasteiger partial charge on any atom is 0.255 e. The summed E-state index contributed by atoms with van der Waals surface area (Å²) in [6.45, 7) is 3.16. The van der Waals surface area contributed by atoms with Gasteiger partial charge in [-0.25, -0.2) is 0 Å². The number of para-hydroxylation sites is 1. The largest absolute Gasteiger partial charge is 0.454 e. The molecule has 136 valence electrons. The lowest BCUT2D eigenvalue weighted by atomic mass is 10.1. The molecular formula is C22H20N2O3. The number of amides is 1. The Labute approximate surface area is 158 Å². The van der Waals surface area contributed by atoms with Crippen molar-refractivity contribution in [3.05, 3.63) is 78.4 Å². The van der Waals surface area contributed by atoms with Crippen molar-refractivity contribution in [3.8, 4) is 11.5 Å². The molecule has 0 unspecified atom stereocenters. The summed E-state index contributed by atoms with van der Waals surface area (Å²) in [6.07, 6.45) is 0. The molecule has 0 saturated heterocycles. The molecule has 3 aromatic carbocycles. The Bertz CT molecular complexity index is 940. The van der Waals surface area contributed by atoms with Crippen LogP contribution in [0, 0.1) is 0 Å². The number of anilines is 3. The molecule has 1 aliphatic rings. The highest BCUT2D eigenvalue weighted by atomic mass is 16.7. The lowest BCUT2D eigenvalue weighted by Crippen LogP contribution is -2.16. The van der Waals surface area contributed by atoms with Gasteiger partial charge in [-0.15, -0.1) is 0 Å². The van der Waals surface area contributed by atoms with Gasteiger partial charge in [-0.2, -0.15) is 0 Å². The average molecular weight is 360 g/mol. The minimum Gasteiger partial charge on any atom is -0.454 e. The van der Waals surface area contributed by atoms with E-state index in [4.69, 9.17) is 9.47 Å². The highest BCUT2D eigenvalue weighted by molar-refractivity contribution is 6.04. The molecule has 0 aliphatic carbocycles. The fraction of sp³-hybridized carbons (Fsp3) is 0.136. The van der Waals surface area contributed by atoms with E-state index in [1.54, 1.807) is 18.2 Å². The molecule has 0 bridgehead atoms. The molecule has 27 heavy (non-hydrogen) atoms. The number of nitrogens with one attached hydrogen (secondary N) is 1. The summed E-state index contributed by atoms with van der Waals surface area (Å²) in [6, 6.07) is 23.2. The van der Waals surface area contributed by atoms with Crippen LogP contribution < -0.4 is 19.7 Å². The number of nitrogens with zero attached hydrogens (tertiary/aromatic N) is 1. The summed E-state index contributed by atoms with van der Waals surface area (Å²) in [5.41, 5.74) is 3.48. The average Bonchev–Trinajstić information content (AvgIpc) is 3.18. The lowest BCUT2D eigenvalue weighted by molar-refractivity contribution is 0.102. The topological polar surface area (TPSA) is 50.8 Å². The Kier molecular flexibility index (Phi) is 4.66. The fourth-order valence-corrected chi connectivity index (χ4v) is 3.09. The van der Waals surface area contributed by atoms with Gasteiger partial charge in [0.1, 0.15) is 0 Å². The quantitative estimate of drug-likeness (QED) is 0.708. The number of benzene rings is 3. The first kappa shape index (κ1) is 17.0. The van der Waals surface area contributed by atoms with Crippen LogP contribution in [0.4, 0.5) is 17.1 Å². The summed E-state index contributed by atoms with van der Waals surface area (Å²) in [4.78, 5) is 14.7. The van der Waals surface area contributed by atoms with Gasteiger partial charge in [0.05, 0.1) is 0 Å². The Morgan fingerprint density at radius 3 is 2.37 bits per heavy atom. The van der Waals surface area contributed by atoms with Gasteiger partial charge in [0.25, 0.3) is 5.91 Å². The van der Waals surface area contributed by atoms with E-state index in [9.17, 15) is 4.79 Å². The lowest BCUT2D eigenvalue weighted by Gasteiger charge is -2.23. The van der Waals surface area contributed by atoms with Crippen LogP contribution in [0.1, 0.15) is 17.3 Å². The number of rotatable bonds is 5. The molecule has 1 N–H and O–H groups in total. The summed E-state index contributed by atoms with van der Waals surface area (Å²) < 4.78 is 10.6. The molecule has 5 nitrogen and oxygen atoms in total. The summed E-state index contributed by atoms with van der Waals surface area (Å²) in [7, 11) is 0. The Morgan fingerprint density at radius 2 is 1.63 bits per heavy atom. The van der Waals surface area contributed by atoms with Gasteiger partial charge in [-0.05, 0) is 61.5 Å². The first-order chi connectivity index (χ1) is 13.2. The molecule has 0 fully saturated rings. The third kappa shape index (κ3) is 3.58. The summed E-state index contributed by atoms with van der Waals surface area (Å²) >= 11 is 0. The molecular weight excluding hydrogens is 340 g/mol. The van der Waals surface area contributed by atoms with E-state index >= 15 is 0 Å². The highest BCUT2D eigenvalue weighted by Gasteiger charge is 2.16. The van der Waals surface area contributed by atoms with E-state index in [2.05, 4.69) is 29.3 Å². The first-order valence-electron chi connectivity index (χ1n) is 8.88. The van der Waals surface area contributed by atoms with Crippen LogP contribution in [-0.4, -0.2) is 19.2 Å². The summed E-state index contributed by atoms with van der Waals surface area (Å²) in [5, 5.41) is 2.92. The second-order valence-electron chi connectivity index (χ2n) is 6.15. The molecule has 0 radical (unpaired) electrons. The molecule has 0 atom stereocenters. The van der Waals surface area contributed by atoms with Crippen molar-refractivity contribution in [1.29, 1.82) is 0 Å². The molecule has 1 amide bonds. The second kappa shape index (κ2) is 7.41. The van der Waals surface area contributed by atoms with Gasteiger partial charge in [-0.1, -0.05) is 18.2 Å². The number of carbonyl (C=O) groups excluding carboxylic acids is 1. The van der Waals surface area contributed by atoms with Crippen LogP contribution in [0.5, 0.6) is 11.5 Å². The van der Waals surface area contributed by atoms with Crippen LogP contribution >= 0.6 is 0 Å². The van der Waals surface area contributed by atoms with Gasteiger partial charge >= 0.3 is 0 Å². The minimum atomic E-state index is -0.184. The molecule has 0 spiro atoms. The molecule has 5 heteroatoms. The van der Waals surface area contributed by atoms with Crippen molar-refractivity contribution in [1.82, 2.24) is 0 Å². The maximum atomic E-state index is 12.5. The standard InChI is InChI=1S/C22H20N2O3/c1-2-24(18-6-4-3-5-7-18)19-11-9-17(10-12-19)23-22(25)16-8-13-20-21(14-16)27-15-26-20/h3-14H,2,15H2,1H3,(H,23,25). The van der Waals surface area contributed by atoms with Gasteiger partial charge < -0.3 is 19.7 Å². The van der Waals surface area contributed by atoms with Gasteiger partial charge in [0.2, 0.25) is 6.79 Å². The number of hydrogen-bond donors (Lipinski definition) is 1. The molecule has 1 heterocycles. The van der Waals surface area contributed by atoms with E-state index in [1.807, 2.05) is 42.5 Å². The Morgan fingerprint density at radius 1 is 0.926 bits per heavy atom. The zero-order chi connectivity index (χ0) is 18.6.